The van der Waals surface area contributed by atoms with E-state index in [-0.39, 0.29) is 0 Å². The smallest absolute Gasteiger partial charge is 0.0541 e. The maximum absolute atomic E-state index is 2.43. The molecule has 0 N–H and O–H groups in total. The number of aromatic nitrogens is 2. The van der Waals surface area contributed by atoms with Crippen LogP contribution in [0.25, 0.3) is 120 Å². The summed E-state index contributed by atoms with van der Waals surface area (Å²) in [6.07, 6.45) is 0. The van der Waals surface area contributed by atoms with Gasteiger partial charge in [-0.2, -0.15) is 0 Å². The van der Waals surface area contributed by atoms with E-state index in [0.717, 1.165) is 5.69 Å². The number of hydrogen-bond donors (Lipinski definition) is 0. The van der Waals surface area contributed by atoms with E-state index in [0.29, 0.717) is 0 Å². The molecule has 13 aromatic rings. The molecule has 60 heavy (non-hydrogen) atoms. The largest absolute Gasteiger partial charge is 0.309 e. The van der Waals surface area contributed by atoms with Crippen molar-refractivity contribution in [3.05, 3.63) is 218 Å². The number of fused-ring (bicyclic) bond motifs is 12. The molecule has 13 rings (SSSR count). The third-order valence-electron chi connectivity index (χ3n) is 12.8. The van der Waals surface area contributed by atoms with Gasteiger partial charge in [0.2, 0.25) is 0 Å². The number of benzene rings is 11. The van der Waals surface area contributed by atoms with Gasteiger partial charge >= 0.3 is 0 Å². The minimum absolute atomic E-state index is 1.15. The predicted molar refractivity (Wildman–Crippen MR) is 256 cm³/mol. The maximum atomic E-state index is 2.43. The molecule has 0 saturated heterocycles. The molecule has 2 heterocycles. The molecule has 0 aliphatic heterocycles. The molecule has 0 aliphatic carbocycles. The second-order valence-corrected chi connectivity index (χ2v) is 16.1. The van der Waals surface area contributed by atoms with Crippen LogP contribution in [0.3, 0.4) is 0 Å². The normalized spacial score (nSPS) is 12.0. The van der Waals surface area contributed by atoms with Crippen LogP contribution >= 0.6 is 0 Å². The molecule has 2 aromatic heterocycles. The van der Waals surface area contributed by atoms with Gasteiger partial charge in [0.15, 0.2) is 0 Å². The third-order valence-corrected chi connectivity index (χ3v) is 12.8. The van der Waals surface area contributed by atoms with E-state index in [1.165, 1.54) is 115 Å². The van der Waals surface area contributed by atoms with E-state index in [2.05, 4.69) is 228 Å². The molecule has 0 aliphatic rings. The highest BCUT2D eigenvalue weighted by Gasteiger charge is 2.17. The van der Waals surface area contributed by atoms with E-state index in [4.69, 9.17) is 0 Å². The summed E-state index contributed by atoms with van der Waals surface area (Å²) in [6, 6.07) is 80.6. The van der Waals surface area contributed by atoms with E-state index < -0.39 is 0 Å². The maximum Gasteiger partial charge on any atom is 0.0541 e. The number of para-hydroxylation sites is 2. The van der Waals surface area contributed by atoms with Gasteiger partial charge in [-0.15, -0.1) is 0 Å². The van der Waals surface area contributed by atoms with Crippen molar-refractivity contribution in [3.8, 4) is 33.6 Å². The van der Waals surface area contributed by atoms with Gasteiger partial charge in [-0.25, -0.2) is 0 Å². The third kappa shape index (κ3) is 4.95. The predicted octanol–water partition coefficient (Wildman–Crippen LogP) is 15.8. The van der Waals surface area contributed by atoms with Gasteiger partial charge in [0.1, 0.15) is 0 Å². The monoisotopic (exact) mass is 760 g/mol. The molecule has 0 amide bonds. The van der Waals surface area contributed by atoms with Crippen LogP contribution in [0, 0.1) is 0 Å². The van der Waals surface area contributed by atoms with Crippen LogP contribution in [0.1, 0.15) is 0 Å². The van der Waals surface area contributed by atoms with Gasteiger partial charge in [-0.1, -0.05) is 152 Å². The second-order valence-electron chi connectivity index (χ2n) is 16.1. The Balaban J connectivity index is 0.917. The Labute approximate surface area is 346 Å². The molecule has 0 atom stereocenters. The zero-order valence-corrected chi connectivity index (χ0v) is 32.7. The first kappa shape index (κ1) is 33.1. The van der Waals surface area contributed by atoms with E-state index in [9.17, 15) is 0 Å². The van der Waals surface area contributed by atoms with Crippen LogP contribution in [-0.2, 0) is 0 Å². The van der Waals surface area contributed by atoms with Crippen LogP contribution in [0.4, 0.5) is 0 Å². The lowest BCUT2D eigenvalue weighted by Crippen LogP contribution is -1.94. The van der Waals surface area contributed by atoms with Crippen molar-refractivity contribution in [2.75, 3.05) is 0 Å². The molecule has 0 saturated carbocycles. The first-order valence-electron chi connectivity index (χ1n) is 20.7. The Morgan fingerprint density at radius 2 is 0.667 bits per heavy atom. The molecular weight excluding hydrogens is 725 g/mol. The standard InChI is InChI=1S/C58H36N2/c1-2-12-39-33-46(26-20-37(39)10-1)60-56-19-8-6-17-52(56)54-36-43(25-31-58(54)60)42-24-30-57-53(35-42)51-16-5-7-18-55(51)59(57)45-14-9-13-40(34-45)41-22-27-48-44(32-41)23-29-49-47-15-4-3-11-38(47)21-28-50(48)49/h1-36H. The van der Waals surface area contributed by atoms with Crippen molar-refractivity contribution in [2.45, 2.75) is 0 Å². The summed E-state index contributed by atoms with van der Waals surface area (Å²) in [6.45, 7) is 0. The quantitative estimate of drug-likeness (QED) is 0.158. The average Bonchev–Trinajstić information content (AvgIpc) is 3.83. The topological polar surface area (TPSA) is 9.86 Å². The van der Waals surface area contributed by atoms with E-state index in [1.54, 1.807) is 0 Å². The van der Waals surface area contributed by atoms with Gasteiger partial charge < -0.3 is 9.13 Å². The number of nitrogens with zero attached hydrogens (tertiary/aromatic N) is 2. The number of hydrogen-bond acceptors (Lipinski definition) is 0. The van der Waals surface area contributed by atoms with Gasteiger partial charge in [0.05, 0.1) is 22.1 Å². The first-order valence-corrected chi connectivity index (χ1v) is 20.7. The first-order chi connectivity index (χ1) is 29.7. The van der Waals surface area contributed by atoms with Crippen LogP contribution in [0.2, 0.25) is 0 Å². The Hall–Kier alpha value is -7.94. The van der Waals surface area contributed by atoms with Crippen LogP contribution < -0.4 is 0 Å². The highest BCUT2D eigenvalue weighted by molar-refractivity contribution is 6.18. The Bertz CT molecular complexity index is 3900. The van der Waals surface area contributed by atoms with Crippen LogP contribution in [0.15, 0.2) is 218 Å². The Kier molecular flexibility index (Phi) is 7.05. The fraction of sp³-hybridized carbons (Fsp3) is 0. The SMILES string of the molecule is c1cc(-c2ccc3c(ccc4c5ccccc5ccc34)c2)cc(-n2c3ccccc3c3cc(-c4ccc5c(c4)c4ccccc4n5-c4ccc5ccccc5c4)ccc32)c1. The summed E-state index contributed by atoms with van der Waals surface area (Å²) in [5.74, 6) is 0. The van der Waals surface area contributed by atoms with Crippen molar-refractivity contribution in [1.29, 1.82) is 0 Å². The number of rotatable bonds is 4. The zero-order chi connectivity index (χ0) is 39.3. The van der Waals surface area contributed by atoms with Gasteiger partial charge in [0.25, 0.3) is 0 Å². The van der Waals surface area contributed by atoms with Crippen LogP contribution in [0.5, 0.6) is 0 Å². The molecular formula is C58H36N2. The van der Waals surface area contributed by atoms with E-state index >= 15 is 0 Å². The summed E-state index contributed by atoms with van der Waals surface area (Å²) in [5.41, 5.74) is 12.0. The fourth-order valence-corrected chi connectivity index (χ4v) is 10.0. The summed E-state index contributed by atoms with van der Waals surface area (Å²) in [5, 5.41) is 15.2. The van der Waals surface area contributed by atoms with E-state index in [1.807, 2.05) is 0 Å². The molecule has 2 nitrogen and oxygen atoms in total. The van der Waals surface area contributed by atoms with Gasteiger partial charge in [-0.3, -0.25) is 0 Å². The minimum Gasteiger partial charge on any atom is -0.309 e. The van der Waals surface area contributed by atoms with Crippen molar-refractivity contribution in [1.82, 2.24) is 9.13 Å². The molecule has 0 spiro atoms. The van der Waals surface area contributed by atoms with Crippen molar-refractivity contribution < 1.29 is 0 Å². The minimum atomic E-state index is 1.15. The van der Waals surface area contributed by atoms with Gasteiger partial charge in [0, 0.05) is 32.9 Å². The lowest BCUT2D eigenvalue weighted by atomic mass is 9.95. The highest BCUT2D eigenvalue weighted by atomic mass is 15.0. The van der Waals surface area contributed by atoms with Gasteiger partial charge in [-0.05, 0) is 132 Å². The molecule has 11 aromatic carbocycles. The summed E-state index contributed by atoms with van der Waals surface area (Å²) >= 11 is 0. The molecule has 0 fully saturated rings. The summed E-state index contributed by atoms with van der Waals surface area (Å²) in [4.78, 5) is 0. The fourth-order valence-electron chi connectivity index (χ4n) is 10.0. The van der Waals surface area contributed by atoms with Crippen molar-refractivity contribution in [3.63, 3.8) is 0 Å². The Morgan fingerprint density at radius 1 is 0.200 bits per heavy atom. The molecule has 0 bridgehead atoms. The Morgan fingerprint density at radius 3 is 1.37 bits per heavy atom. The summed E-state index contributed by atoms with van der Waals surface area (Å²) < 4.78 is 4.84. The van der Waals surface area contributed by atoms with Crippen molar-refractivity contribution >= 4 is 86.7 Å². The molecule has 278 valence electrons. The van der Waals surface area contributed by atoms with Crippen molar-refractivity contribution in [2.24, 2.45) is 0 Å². The average molecular weight is 761 g/mol. The highest BCUT2D eigenvalue weighted by Crippen LogP contribution is 2.40. The lowest BCUT2D eigenvalue weighted by Gasteiger charge is -2.12. The lowest BCUT2D eigenvalue weighted by molar-refractivity contribution is 1.18. The second kappa shape index (κ2) is 12.8. The molecule has 0 radical (unpaired) electrons. The molecule has 2 heteroatoms. The zero-order valence-electron chi connectivity index (χ0n) is 32.7. The summed E-state index contributed by atoms with van der Waals surface area (Å²) in [7, 11) is 0. The molecule has 0 unspecified atom stereocenters. The van der Waals surface area contributed by atoms with Crippen LogP contribution in [-0.4, -0.2) is 9.13 Å².